The molecule has 0 fully saturated rings. The summed E-state index contributed by atoms with van der Waals surface area (Å²) in [4.78, 5) is 10.7. The Morgan fingerprint density at radius 3 is 2.50 bits per heavy atom. The Bertz CT molecular complexity index is 116. The molecule has 2 atom stereocenters. The number of carbonyl (C=O) groups excluding carboxylic acids is 1. The van der Waals surface area contributed by atoms with Gasteiger partial charge >= 0.3 is 5.97 Å². The fraction of sp³-hybridized carbons (Fsp3) is 0.833. The van der Waals surface area contributed by atoms with Gasteiger partial charge in [-0.1, -0.05) is 6.92 Å². The number of methoxy groups -OCH3 is 1. The quantitative estimate of drug-likeness (QED) is 0.493. The van der Waals surface area contributed by atoms with Crippen LogP contribution in [-0.4, -0.2) is 24.3 Å². The third kappa shape index (κ3) is 2.76. The molecule has 4 heteroatoms. The highest BCUT2D eigenvalue weighted by Gasteiger charge is 2.21. The van der Waals surface area contributed by atoms with Crippen molar-refractivity contribution in [1.29, 1.82) is 0 Å². The van der Waals surface area contributed by atoms with Gasteiger partial charge in [0.1, 0.15) is 0 Å². The highest BCUT2D eigenvalue weighted by atomic mass is 35.5. The van der Waals surface area contributed by atoms with Gasteiger partial charge < -0.3 is 4.74 Å². The summed E-state index contributed by atoms with van der Waals surface area (Å²) < 4.78 is 4.45. The van der Waals surface area contributed by atoms with Crippen molar-refractivity contribution >= 4 is 29.2 Å². The SMILES string of the molecule is COC(=O)C(C)C(Cl)CCl. The van der Waals surface area contributed by atoms with Crippen molar-refractivity contribution in [3.63, 3.8) is 0 Å². The van der Waals surface area contributed by atoms with E-state index in [1.165, 1.54) is 7.11 Å². The summed E-state index contributed by atoms with van der Waals surface area (Å²) in [5.41, 5.74) is 0. The van der Waals surface area contributed by atoms with E-state index in [0.29, 0.717) is 0 Å². The predicted octanol–water partition coefficient (Wildman–Crippen LogP) is 1.64. The Balaban J connectivity index is 3.81. The molecular formula is C6H10Cl2O2. The number of ether oxygens (including phenoxy) is 1. The predicted molar refractivity (Wildman–Crippen MR) is 41.5 cm³/mol. The Hall–Kier alpha value is 0.0500. The van der Waals surface area contributed by atoms with Gasteiger partial charge in [-0.3, -0.25) is 4.79 Å². The molecule has 0 amide bonds. The van der Waals surface area contributed by atoms with Crippen LogP contribution in [0.25, 0.3) is 0 Å². The van der Waals surface area contributed by atoms with Crippen molar-refractivity contribution in [3.05, 3.63) is 0 Å². The van der Waals surface area contributed by atoms with E-state index in [4.69, 9.17) is 23.2 Å². The van der Waals surface area contributed by atoms with Crippen molar-refractivity contribution in [2.45, 2.75) is 12.3 Å². The van der Waals surface area contributed by atoms with E-state index in [0.717, 1.165) is 0 Å². The van der Waals surface area contributed by atoms with E-state index in [-0.39, 0.29) is 23.1 Å². The van der Waals surface area contributed by atoms with Crippen molar-refractivity contribution in [1.82, 2.24) is 0 Å². The second-order valence-corrected chi connectivity index (χ2v) is 2.85. The Labute approximate surface area is 70.4 Å². The maximum atomic E-state index is 10.7. The molecule has 2 nitrogen and oxygen atoms in total. The summed E-state index contributed by atoms with van der Waals surface area (Å²) in [5, 5.41) is -0.339. The number of hydrogen-bond donors (Lipinski definition) is 0. The summed E-state index contributed by atoms with van der Waals surface area (Å²) >= 11 is 11.1. The van der Waals surface area contributed by atoms with Gasteiger partial charge in [0.15, 0.2) is 0 Å². The standard InChI is InChI=1S/C6H10Cl2O2/c1-4(5(8)3-7)6(9)10-2/h4-5H,3H2,1-2H3. The van der Waals surface area contributed by atoms with Gasteiger partial charge in [-0.15, -0.1) is 23.2 Å². The van der Waals surface area contributed by atoms with Gasteiger partial charge in [-0.05, 0) is 0 Å². The summed E-state index contributed by atoms with van der Waals surface area (Å²) in [5.74, 6) is -0.387. The molecule has 60 valence electrons. The Kier molecular flexibility index (Phi) is 4.83. The maximum absolute atomic E-state index is 10.7. The van der Waals surface area contributed by atoms with Crippen LogP contribution >= 0.6 is 23.2 Å². The van der Waals surface area contributed by atoms with Crippen LogP contribution in [0.15, 0.2) is 0 Å². The lowest BCUT2D eigenvalue weighted by molar-refractivity contribution is -0.144. The fourth-order valence-corrected chi connectivity index (χ4v) is 0.837. The van der Waals surface area contributed by atoms with Crippen LogP contribution in [0, 0.1) is 5.92 Å². The van der Waals surface area contributed by atoms with Crippen LogP contribution in [0.4, 0.5) is 0 Å². The van der Waals surface area contributed by atoms with Gasteiger partial charge in [-0.2, -0.15) is 0 Å². The number of hydrogen-bond acceptors (Lipinski definition) is 2. The van der Waals surface area contributed by atoms with Gasteiger partial charge in [0.25, 0.3) is 0 Å². The molecule has 0 rings (SSSR count). The minimum Gasteiger partial charge on any atom is -0.469 e. The van der Waals surface area contributed by atoms with Gasteiger partial charge in [-0.25, -0.2) is 0 Å². The largest absolute Gasteiger partial charge is 0.469 e. The third-order valence-electron chi connectivity index (χ3n) is 1.26. The van der Waals surface area contributed by atoms with Crippen LogP contribution in [0.5, 0.6) is 0 Å². The second-order valence-electron chi connectivity index (χ2n) is 1.98. The second kappa shape index (κ2) is 4.80. The minimum atomic E-state index is -0.339. The molecule has 10 heavy (non-hydrogen) atoms. The lowest BCUT2D eigenvalue weighted by Gasteiger charge is -2.11. The normalized spacial score (nSPS) is 16.0. The molecule has 0 heterocycles. The zero-order valence-electron chi connectivity index (χ0n) is 5.93. The molecule has 0 saturated carbocycles. The fourth-order valence-electron chi connectivity index (χ4n) is 0.467. The van der Waals surface area contributed by atoms with Crippen LogP contribution in [0.1, 0.15) is 6.92 Å². The van der Waals surface area contributed by atoms with Crippen molar-refractivity contribution in [2.24, 2.45) is 5.92 Å². The molecule has 0 radical (unpaired) electrons. The van der Waals surface area contributed by atoms with Gasteiger partial charge in [0.2, 0.25) is 0 Å². The van der Waals surface area contributed by atoms with E-state index in [1.807, 2.05) is 0 Å². The van der Waals surface area contributed by atoms with E-state index in [9.17, 15) is 4.79 Å². The summed E-state index contributed by atoms with van der Waals surface area (Å²) in [6, 6.07) is 0. The number of halogens is 2. The molecule has 0 spiro atoms. The first kappa shape index (κ1) is 10.0. The number of esters is 1. The summed E-state index contributed by atoms with van der Waals surface area (Å²) in [6.45, 7) is 1.69. The Morgan fingerprint density at radius 2 is 2.20 bits per heavy atom. The smallest absolute Gasteiger partial charge is 0.309 e. The average Bonchev–Trinajstić information content (AvgIpc) is 2.00. The molecule has 0 aromatic rings. The summed E-state index contributed by atoms with van der Waals surface area (Å²) in [6.07, 6.45) is 0. The third-order valence-corrected chi connectivity index (χ3v) is 2.29. The molecule has 0 N–H and O–H groups in total. The first-order valence-corrected chi connectivity index (χ1v) is 3.88. The number of rotatable bonds is 3. The summed E-state index contributed by atoms with van der Waals surface area (Å²) in [7, 11) is 1.33. The van der Waals surface area contributed by atoms with E-state index in [2.05, 4.69) is 4.74 Å². The molecule has 0 aliphatic rings. The highest BCUT2D eigenvalue weighted by Crippen LogP contribution is 2.12. The lowest BCUT2D eigenvalue weighted by Crippen LogP contribution is -2.23. The topological polar surface area (TPSA) is 26.3 Å². The van der Waals surface area contributed by atoms with Crippen molar-refractivity contribution in [3.8, 4) is 0 Å². The van der Waals surface area contributed by atoms with Gasteiger partial charge in [0, 0.05) is 5.88 Å². The average molecular weight is 185 g/mol. The molecule has 0 bridgehead atoms. The number of carbonyl (C=O) groups is 1. The van der Waals surface area contributed by atoms with E-state index >= 15 is 0 Å². The first-order chi connectivity index (χ1) is 4.63. The highest BCUT2D eigenvalue weighted by molar-refractivity contribution is 6.28. The van der Waals surface area contributed by atoms with Crippen LogP contribution in [0.3, 0.4) is 0 Å². The molecule has 0 saturated heterocycles. The van der Waals surface area contributed by atoms with Gasteiger partial charge in [0.05, 0.1) is 18.4 Å². The first-order valence-electron chi connectivity index (χ1n) is 2.91. The molecule has 2 unspecified atom stereocenters. The zero-order valence-corrected chi connectivity index (χ0v) is 7.45. The molecule has 0 aliphatic heterocycles. The van der Waals surface area contributed by atoms with Crippen LogP contribution < -0.4 is 0 Å². The zero-order chi connectivity index (χ0) is 8.15. The van der Waals surface area contributed by atoms with Crippen LogP contribution in [0.2, 0.25) is 0 Å². The molecule has 0 aromatic carbocycles. The monoisotopic (exact) mass is 184 g/mol. The van der Waals surface area contributed by atoms with Crippen LogP contribution in [-0.2, 0) is 9.53 Å². The molecular weight excluding hydrogens is 175 g/mol. The van der Waals surface area contributed by atoms with Crippen molar-refractivity contribution < 1.29 is 9.53 Å². The molecule has 0 aliphatic carbocycles. The molecule has 0 aromatic heterocycles. The lowest BCUT2D eigenvalue weighted by atomic mass is 10.1. The van der Waals surface area contributed by atoms with Crippen molar-refractivity contribution in [2.75, 3.05) is 13.0 Å². The minimum absolute atomic E-state index is 0.262. The Morgan fingerprint density at radius 1 is 1.70 bits per heavy atom. The number of alkyl halides is 2. The van der Waals surface area contributed by atoms with E-state index in [1.54, 1.807) is 6.92 Å². The van der Waals surface area contributed by atoms with E-state index < -0.39 is 0 Å². The maximum Gasteiger partial charge on any atom is 0.309 e.